The van der Waals surface area contributed by atoms with Gasteiger partial charge >= 0.3 is 0 Å². The van der Waals surface area contributed by atoms with Gasteiger partial charge in [0.2, 0.25) is 0 Å². The highest BCUT2D eigenvalue weighted by Gasteiger charge is 1.90. The fourth-order valence-corrected chi connectivity index (χ4v) is 0.676. The molecule has 0 saturated heterocycles. The van der Waals surface area contributed by atoms with Gasteiger partial charge in [0.15, 0.2) is 0 Å². The first-order valence-corrected chi connectivity index (χ1v) is 2.97. The Kier molecular flexibility index (Phi) is 3.85. The highest BCUT2D eigenvalue weighted by Crippen LogP contribution is 1.90. The fraction of sp³-hybridized carbons (Fsp3) is 1.00. The van der Waals surface area contributed by atoms with E-state index in [2.05, 4.69) is 26.5 Å². The normalized spacial score (nSPS) is 13.8. The van der Waals surface area contributed by atoms with Crippen molar-refractivity contribution < 1.29 is 0 Å². The molecule has 1 atom stereocenters. The Labute approximate surface area is 46.0 Å². The largest absolute Gasteiger partial charge is 0.185 e. The molecule has 0 amide bonds. The second kappa shape index (κ2) is 3.60. The molecule has 0 aromatic heterocycles. The lowest BCUT2D eigenvalue weighted by molar-refractivity contribution is 1.32. The zero-order chi connectivity index (χ0) is 4.99. The molecule has 0 N–H and O–H groups in total. The first kappa shape index (κ1) is 6.41. The molecule has 6 heavy (non-hydrogen) atoms. The minimum absolute atomic E-state index is 0.593. The molecule has 0 aliphatic heterocycles. The van der Waals surface area contributed by atoms with E-state index in [1.807, 2.05) is 0 Å². The van der Waals surface area contributed by atoms with Crippen molar-refractivity contribution in [2.24, 2.45) is 0 Å². The van der Waals surface area contributed by atoms with Crippen LogP contribution in [0, 0.1) is 0 Å². The van der Waals surface area contributed by atoms with Crippen LogP contribution < -0.4 is 0 Å². The zero-order valence-corrected chi connectivity index (χ0v) is 5.33. The first-order valence-electron chi connectivity index (χ1n) is 2.45. The van der Waals surface area contributed by atoms with Crippen LogP contribution >= 0.6 is 12.6 Å². The number of hydrogen-bond donors (Lipinski definition) is 1. The molecule has 0 bridgehead atoms. The number of rotatable bonds is 2. The lowest BCUT2D eigenvalue weighted by Crippen LogP contribution is -2.00. The van der Waals surface area contributed by atoms with E-state index in [9.17, 15) is 0 Å². The molecule has 0 saturated carbocycles. The van der Waals surface area contributed by atoms with Crippen LogP contribution in [0.3, 0.4) is 0 Å². The van der Waals surface area contributed by atoms with Crippen molar-refractivity contribution >= 4 is 19.9 Å². The molecule has 0 nitrogen and oxygen atoms in total. The van der Waals surface area contributed by atoms with Gasteiger partial charge in [0.25, 0.3) is 0 Å². The summed E-state index contributed by atoms with van der Waals surface area (Å²) in [7, 11) is 1.24. The molecule has 0 radical (unpaired) electrons. The lowest BCUT2D eigenvalue weighted by atomic mass is 9.72. The highest BCUT2D eigenvalue weighted by atomic mass is 32.1. The van der Waals surface area contributed by atoms with Crippen molar-refractivity contribution in [2.45, 2.75) is 25.3 Å². The summed E-state index contributed by atoms with van der Waals surface area (Å²) in [6, 6.07) is 0. The molecular formula is C4H11BS. The van der Waals surface area contributed by atoms with Crippen molar-refractivity contribution in [1.82, 2.24) is 0 Å². The van der Waals surface area contributed by atoms with Crippen molar-refractivity contribution in [3.63, 3.8) is 0 Å². The van der Waals surface area contributed by atoms with Gasteiger partial charge in [-0.05, 0) is 5.15 Å². The van der Waals surface area contributed by atoms with Crippen LogP contribution in [0.2, 0.25) is 6.32 Å². The second-order valence-corrected chi connectivity index (χ2v) is 2.52. The quantitative estimate of drug-likeness (QED) is 0.392. The average Bonchev–Trinajstić information content (AvgIpc) is 1.35. The molecule has 0 aliphatic rings. The molecule has 0 spiro atoms. The third kappa shape index (κ3) is 4.41. The Bertz CT molecular complexity index is 28.7. The maximum Gasteiger partial charge on any atom is 0.136 e. The first-order chi connectivity index (χ1) is 2.77. The van der Waals surface area contributed by atoms with Gasteiger partial charge in [0.1, 0.15) is 7.28 Å². The van der Waals surface area contributed by atoms with Gasteiger partial charge in [0, 0.05) is 0 Å². The summed E-state index contributed by atoms with van der Waals surface area (Å²) in [5.41, 5.74) is 0. The van der Waals surface area contributed by atoms with Gasteiger partial charge in [-0.3, -0.25) is 0 Å². The maximum absolute atomic E-state index is 4.18. The van der Waals surface area contributed by atoms with Gasteiger partial charge in [-0.1, -0.05) is 20.2 Å². The van der Waals surface area contributed by atoms with Gasteiger partial charge in [0.05, 0.1) is 0 Å². The molecule has 0 rings (SSSR count). The van der Waals surface area contributed by atoms with E-state index in [4.69, 9.17) is 0 Å². The van der Waals surface area contributed by atoms with Gasteiger partial charge in [-0.2, -0.15) is 12.6 Å². The minimum Gasteiger partial charge on any atom is -0.185 e. The van der Waals surface area contributed by atoms with Crippen LogP contribution in [0.5, 0.6) is 0 Å². The molecule has 0 aliphatic carbocycles. The monoisotopic (exact) mass is 102 g/mol. The lowest BCUT2D eigenvalue weighted by Gasteiger charge is -1.92. The molecule has 0 heterocycles. The number of thiol groups is 1. The Morgan fingerprint density at radius 2 is 2.33 bits per heavy atom. The predicted octanol–water partition coefficient (Wildman–Crippen LogP) is 1.14. The van der Waals surface area contributed by atoms with Gasteiger partial charge in [-0.15, -0.1) is 0 Å². The van der Waals surface area contributed by atoms with E-state index in [1.54, 1.807) is 0 Å². The van der Waals surface area contributed by atoms with E-state index in [-0.39, 0.29) is 0 Å². The van der Waals surface area contributed by atoms with Crippen LogP contribution in [0.25, 0.3) is 0 Å². The van der Waals surface area contributed by atoms with Crippen molar-refractivity contribution in [2.75, 3.05) is 0 Å². The van der Waals surface area contributed by atoms with Crippen molar-refractivity contribution in [1.29, 1.82) is 0 Å². The highest BCUT2D eigenvalue weighted by molar-refractivity contribution is 7.82. The van der Waals surface area contributed by atoms with E-state index >= 15 is 0 Å². The minimum atomic E-state index is 0.593. The Balaban J connectivity index is 2.63. The molecule has 2 heteroatoms. The van der Waals surface area contributed by atoms with Crippen molar-refractivity contribution in [3.05, 3.63) is 0 Å². The molecule has 0 fully saturated rings. The van der Waals surface area contributed by atoms with Gasteiger partial charge in [-0.25, -0.2) is 0 Å². The summed E-state index contributed by atoms with van der Waals surface area (Å²) in [6.45, 7) is 4.29. The van der Waals surface area contributed by atoms with Crippen LogP contribution in [-0.2, 0) is 0 Å². The molecule has 36 valence electrons. The van der Waals surface area contributed by atoms with Crippen LogP contribution in [0.1, 0.15) is 13.8 Å². The average molecular weight is 102 g/mol. The molecule has 1 unspecified atom stereocenters. The van der Waals surface area contributed by atoms with Crippen LogP contribution in [-0.4, -0.2) is 12.4 Å². The SMILES string of the molecule is CCBC(C)S. The summed E-state index contributed by atoms with van der Waals surface area (Å²) in [4.78, 5) is 0. The van der Waals surface area contributed by atoms with Crippen LogP contribution in [0.15, 0.2) is 0 Å². The predicted molar refractivity (Wildman–Crippen MR) is 36.1 cm³/mol. The Hall–Kier alpha value is 0.415. The topological polar surface area (TPSA) is 0 Å². The van der Waals surface area contributed by atoms with E-state index < -0.39 is 0 Å². The Morgan fingerprint density at radius 1 is 1.83 bits per heavy atom. The summed E-state index contributed by atoms with van der Waals surface area (Å²) in [5.74, 6) is 0. The standard InChI is InChI=1S/C4H11BS/c1-3-5-4(2)6/h4-6H,3H2,1-2H3. The van der Waals surface area contributed by atoms with E-state index in [0.29, 0.717) is 5.15 Å². The molecule has 0 aromatic rings. The maximum atomic E-state index is 4.18. The third-order valence-electron chi connectivity index (χ3n) is 0.706. The van der Waals surface area contributed by atoms with E-state index in [0.717, 1.165) is 0 Å². The number of hydrogen-bond acceptors (Lipinski definition) is 1. The fourth-order valence-electron chi connectivity index (χ4n) is 0.418. The zero-order valence-electron chi connectivity index (χ0n) is 4.44. The van der Waals surface area contributed by atoms with Gasteiger partial charge < -0.3 is 0 Å². The summed E-state index contributed by atoms with van der Waals surface area (Å²) < 4.78 is 0. The summed E-state index contributed by atoms with van der Waals surface area (Å²) in [6.07, 6.45) is 1.25. The third-order valence-corrected chi connectivity index (χ3v) is 0.965. The molecular weight excluding hydrogens is 90.9 g/mol. The summed E-state index contributed by atoms with van der Waals surface area (Å²) >= 11 is 4.18. The smallest absolute Gasteiger partial charge is 0.136 e. The summed E-state index contributed by atoms with van der Waals surface area (Å²) in [5, 5.41) is 0.593. The Morgan fingerprint density at radius 3 is 2.33 bits per heavy atom. The second-order valence-electron chi connectivity index (χ2n) is 1.64. The van der Waals surface area contributed by atoms with Crippen LogP contribution in [0.4, 0.5) is 0 Å². The molecule has 0 aromatic carbocycles. The van der Waals surface area contributed by atoms with Crippen molar-refractivity contribution in [3.8, 4) is 0 Å². The van der Waals surface area contributed by atoms with E-state index in [1.165, 1.54) is 13.6 Å².